The average molecular weight is 637 g/mol. The van der Waals surface area contributed by atoms with E-state index in [-0.39, 0.29) is 35.9 Å². The molecule has 0 amide bonds. The second kappa shape index (κ2) is 11.1. The van der Waals surface area contributed by atoms with Gasteiger partial charge in [0.15, 0.2) is 5.78 Å². The Morgan fingerprint density at radius 2 is 1.84 bits per heavy atom. The van der Waals surface area contributed by atoms with E-state index in [0.29, 0.717) is 34.8 Å². The molecule has 2 fully saturated rings. The first-order valence-electron chi connectivity index (χ1n) is 15.0. The highest BCUT2D eigenvalue weighted by Gasteiger charge is 2.51. The number of Topliss-reactive ketones (excluding diaryl/α,β-unsaturated/α-hetero) is 1. The smallest absolute Gasteiger partial charge is 0.291 e. The second-order valence-electron chi connectivity index (χ2n) is 12.0. The molecule has 0 spiro atoms. The van der Waals surface area contributed by atoms with Gasteiger partial charge in [0.1, 0.15) is 16.4 Å². The van der Waals surface area contributed by atoms with Gasteiger partial charge in [0.2, 0.25) is 10.0 Å². The van der Waals surface area contributed by atoms with E-state index in [0.717, 1.165) is 47.6 Å². The van der Waals surface area contributed by atoms with Crippen molar-refractivity contribution in [2.24, 2.45) is 5.41 Å². The van der Waals surface area contributed by atoms with Crippen molar-refractivity contribution in [2.75, 3.05) is 6.54 Å². The summed E-state index contributed by atoms with van der Waals surface area (Å²) in [5.41, 5.74) is 3.42. The van der Waals surface area contributed by atoms with Crippen LogP contribution in [0.5, 0.6) is 0 Å². The first-order chi connectivity index (χ1) is 21.6. The molecular formula is C32H31F3N6O3S. The van der Waals surface area contributed by atoms with E-state index in [1.165, 1.54) is 16.4 Å². The lowest BCUT2D eigenvalue weighted by Gasteiger charge is -2.46. The van der Waals surface area contributed by atoms with Crippen molar-refractivity contribution in [2.45, 2.75) is 68.9 Å². The van der Waals surface area contributed by atoms with Gasteiger partial charge >= 0.3 is 6.55 Å². The summed E-state index contributed by atoms with van der Waals surface area (Å²) in [6.07, 6.45) is 10.7. The van der Waals surface area contributed by atoms with Crippen LogP contribution >= 0.6 is 0 Å². The van der Waals surface area contributed by atoms with E-state index < -0.39 is 28.0 Å². The molecule has 3 aromatic heterocycles. The van der Waals surface area contributed by atoms with Gasteiger partial charge < -0.3 is 0 Å². The molecule has 7 rings (SSSR count). The minimum Gasteiger partial charge on any atom is -0.291 e. The lowest BCUT2D eigenvalue weighted by Crippen LogP contribution is -2.50. The summed E-state index contributed by atoms with van der Waals surface area (Å²) in [5, 5.41) is 8.10. The predicted octanol–water partition coefficient (Wildman–Crippen LogP) is 5.95. The molecule has 0 unspecified atom stereocenters. The van der Waals surface area contributed by atoms with Gasteiger partial charge in [0.05, 0.1) is 35.4 Å². The first kappa shape index (κ1) is 29.6. The first-order valence-corrected chi connectivity index (χ1v) is 16.4. The molecule has 3 heterocycles. The number of hydrogen-bond acceptors (Lipinski definition) is 6. The summed E-state index contributed by atoms with van der Waals surface area (Å²) >= 11 is 0. The van der Waals surface area contributed by atoms with E-state index in [2.05, 4.69) is 15.2 Å². The number of benzene rings is 1. The Morgan fingerprint density at radius 3 is 2.49 bits per heavy atom. The van der Waals surface area contributed by atoms with Gasteiger partial charge in [0.25, 0.3) is 0 Å². The number of pyridine rings is 1. The second-order valence-corrected chi connectivity index (χ2v) is 13.9. The molecule has 0 saturated heterocycles. The Labute approximate surface area is 258 Å². The van der Waals surface area contributed by atoms with Crippen molar-refractivity contribution in [3.8, 4) is 5.69 Å². The number of allylic oxidation sites excluding steroid dienone is 1. The van der Waals surface area contributed by atoms with Gasteiger partial charge in [0, 0.05) is 18.8 Å². The zero-order valence-corrected chi connectivity index (χ0v) is 25.3. The van der Waals surface area contributed by atoms with Gasteiger partial charge in [-0.3, -0.25) is 9.78 Å². The molecule has 1 aromatic carbocycles. The molecule has 234 valence electrons. The van der Waals surface area contributed by atoms with Gasteiger partial charge in [-0.05, 0) is 92.0 Å². The molecule has 2 saturated carbocycles. The molecule has 0 radical (unpaired) electrons. The van der Waals surface area contributed by atoms with Crippen LogP contribution in [0.3, 0.4) is 0 Å². The Hall–Kier alpha value is -4.10. The lowest BCUT2D eigenvalue weighted by atomic mass is 9.60. The highest BCUT2D eigenvalue weighted by atomic mass is 32.2. The number of hydrogen-bond donors (Lipinski definition) is 0. The normalized spacial score (nSPS) is 21.5. The van der Waals surface area contributed by atoms with E-state index in [1.54, 1.807) is 42.2 Å². The summed E-state index contributed by atoms with van der Waals surface area (Å²) in [6, 6.07) is 9.11. The van der Waals surface area contributed by atoms with Crippen LogP contribution in [-0.2, 0) is 16.4 Å². The molecule has 4 aromatic rings. The van der Waals surface area contributed by atoms with Crippen LogP contribution in [0.2, 0.25) is 0 Å². The maximum absolute atomic E-state index is 14.6. The Kier molecular flexibility index (Phi) is 7.27. The predicted molar refractivity (Wildman–Crippen MR) is 159 cm³/mol. The number of nitrogens with zero attached hydrogens (tertiary/aromatic N) is 6. The van der Waals surface area contributed by atoms with E-state index in [1.807, 2.05) is 12.1 Å². The quantitative estimate of drug-likeness (QED) is 0.211. The van der Waals surface area contributed by atoms with Gasteiger partial charge in [-0.15, -0.1) is 0 Å². The monoisotopic (exact) mass is 636 g/mol. The Bertz CT molecular complexity index is 1900. The van der Waals surface area contributed by atoms with Crippen molar-refractivity contribution < 1.29 is 26.4 Å². The van der Waals surface area contributed by atoms with E-state index in [4.69, 9.17) is 0 Å². The van der Waals surface area contributed by atoms with Crippen molar-refractivity contribution in [3.63, 3.8) is 0 Å². The number of carbonyl (C=O) groups excluding carboxylic acids is 1. The minimum absolute atomic E-state index is 0.0816. The highest BCUT2D eigenvalue weighted by Crippen LogP contribution is 2.51. The molecule has 2 atom stereocenters. The number of aromatic nitrogens is 5. The van der Waals surface area contributed by atoms with Gasteiger partial charge in [-0.1, -0.05) is 18.6 Å². The van der Waals surface area contributed by atoms with E-state index >= 15 is 0 Å². The molecule has 0 N–H and O–H groups in total. The molecule has 0 bridgehead atoms. The third-order valence-corrected chi connectivity index (χ3v) is 11.3. The summed E-state index contributed by atoms with van der Waals surface area (Å²) < 4.78 is 71.0. The number of fused-ring (bicyclic) bond motifs is 2. The van der Waals surface area contributed by atoms with Crippen molar-refractivity contribution in [1.82, 2.24) is 28.9 Å². The SMILES string of the molecule is CCN([C@H]1CCC2=Cc3c(cnn3-c3ccc(F)cc3)C[C@]2(C(=O)c2ccc(C3CC3)cn2)C1)S(=O)(=O)c1cnn(C(F)F)c1. The summed E-state index contributed by atoms with van der Waals surface area (Å²) in [7, 11) is -4.20. The molecule has 0 aliphatic heterocycles. The van der Waals surface area contributed by atoms with Crippen LogP contribution < -0.4 is 0 Å². The summed E-state index contributed by atoms with van der Waals surface area (Å²) in [6.45, 7) is -1.20. The Balaban J connectivity index is 1.28. The molecule has 9 nitrogen and oxygen atoms in total. The number of halogens is 3. The zero-order chi connectivity index (χ0) is 31.5. The van der Waals surface area contributed by atoms with Crippen molar-refractivity contribution in [1.29, 1.82) is 0 Å². The van der Waals surface area contributed by atoms with Crippen molar-refractivity contribution >= 4 is 21.9 Å². The number of alkyl halides is 2. The fourth-order valence-electron chi connectivity index (χ4n) is 6.88. The molecule has 3 aliphatic carbocycles. The lowest BCUT2D eigenvalue weighted by molar-refractivity contribution is 0.0563. The third kappa shape index (κ3) is 5.11. The Morgan fingerprint density at radius 1 is 1.07 bits per heavy atom. The largest absolute Gasteiger partial charge is 0.333 e. The zero-order valence-electron chi connectivity index (χ0n) is 24.5. The minimum atomic E-state index is -4.20. The van der Waals surface area contributed by atoms with Crippen LogP contribution in [-0.4, -0.2) is 55.6 Å². The number of sulfonamides is 1. The molecular weight excluding hydrogens is 605 g/mol. The van der Waals surface area contributed by atoms with Gasteiger partial charge in [-0.25, -0.2) is 22.2 Å². The standard InChI is InChI=1S/C32H31F3N6O3S/c1-2-40(45(43,44)27-18-37-39(19-27)31(34)35)26-9-6-23-13-29-22(17-38-41(29)25-10-7-24(33)8-11-25)14-32(23,15-26)30(42)28-12-5-21(16-36-28)20-3-4-20/h5,7-8,10-13,16-20,26,31H,2-4,6,9,14-15H2,1H3/t26-,32-/m0/s1. The van der Waals surface area contributed by atoms with Crippen molar-refractivity contribution in [3.05, 3.63) is 95.1 Å². The number of carbonyl (C=O) groups is 1. The average Bonchev–Trinajstić information content (AvgIpc) is 3.60. The van der Waals surface area contributed by atoms with Crippen LogP contribution in [0.1, 0.15) is 78.8 Å². The summed E-state index contributed by atoms with van der Waals surface area (Å²) in [5.74, 6) is -0.0835. The summed E-state index contributed by atoms with van der Waals surface area (Å²) in [4.78, 5) is 18.8. The van der Waals surface area contributed by atoms with E-state index in [9.17, 15) is 26.4 Å². The maximum atomic E-state index is 14.6. The maximum Gasteiger partial charge on any atom is 0.333 e. The van der Waals surface area contributed by atoms with Gasteiger partial charge in [-0.2, -0.15) is 23.3 Å². The number of ketones is 1. The fraction of sp³-hybridized carbons (Fsp3) is 0.375. The number of rotatable bonds is 9. The van der Waals surface area contributed by atoms with Crippen LogP contribution in [0, 0.1) is 11.2 Å². The highest BCUT2D eigenvalue weighted by molar-refractivity contribution is 7.89. The van der Waals surface area contributed by atoms with Crippen LogP contribution in [0.4, 0.5) is 13.2 Å². The van der Waals surface area contributed by atoms with Crippen LogP contribution in [0.25, 0.3) is 11.8 Å². The third-order valence-electron chi connectivity index (χ3n) is 9.31. The molecule has 3 aliphatic rings. The van der Waals surface area contributed by atoms with Crippen LogP contribution in [0.15, 0.2) is 71.7 Å². The topological polar surface area (TPSA) is 103 Å². The molecule has 13 heteroatoms. The molecule has 45 heavy (non-hydrogen) atoms. The fourth-order valence-corrected chi connectivity index (χ4v) is 8.49.